The number of nitrogens with zero attached hydrogens (tertiary/aromatic N) is 2. The third kappa shape index (κ3) is 8.64. The maximum atomic E-state index is 9.60. The molecule has 1 rings (SSSR count). The standard InChI is InChI=1S/C5H6N2.C5H10O2/c1-5-4-6-2-3-7-5;1-5(2,3)7-4-6/h2-4H,1H3;4H,1-3H3. The molecule has 0 amide bonds. The van der Waals surface area contributed by atoms with Crippen LogP contribution in [0.2, 0.25) is 0 Å². The van der Waals surface area contributed by atoms with Gasteiger partial charge in [0.1, 0.15) is 5.60 Å². The fraction of sp³-hybridized carbons (Fsp3) is 0.500. The number of carbonyl (C=O) groups excluding carboxylic acids is 1. The highest BCUT2D eigenvalue weighted by Gasteiger charge is 2.07. The lowest BCUT2D eigenvalue weighted by Crippen LogP contribution is -2.17. The number of hydrogen-bond donors (Lipinski definition) is 0. The van der Waals surface area contributed by atoms with Gasteiger partial charge in [-0.1, -0.05) is 0 Å². The normalized spacial score (nSPS) is 9.71. The van der Waals surface area contributed by atoms with Gasteiger partial charge in [0.15, 0.2) is 0 Å². The highest BCUT2D eigenvalue weighted by atomic mass is 16.5. The molecule has 0 saturated carbocycles. The van der Waals surface area contributed by atoms with Crippen molar-refractivity contribution in [1.82, 2.24) is 9.97 Å². The Bertz CT molecular complexity index is 255. The third-order valence-corrected chi connectivity index (χ3v) is 1.09. The first-order valence-corrected chi connectivity index (χ1v) is 4.30. The van der Waals surface area contributed by atoms with Crippen LogP contribution in [0.5, 0.6) is 0 Å². The van der Waals surface area contributed by atoms with Crippen LogP contribution < -0.4 is 0 Å². The molecule has 1 aromatic heterocycles. The summed E-state index contributed by atoms with van der Waals surface area (Å²) in [5.74, 6) is 0. The van der Waals surface area contributed by atoms with Gasteiger partial charge < -0.3 is 4.74 Å². The Balaban J connectivity index is 0.000000241. The maximum Gasteiger partial charge on any atom is 0.293 e. The molecular weight excluding hydrogens is 180 g/mol. The van der Waals surface area contributed by atoms with Crippen molar-refractivity contribution >= 4 is 6.47 Å². The number of carbonyl (C=O) groups is 1. The Morgan fingerprint density at radius 3 is 2.14 bits per heavy atom. The van der Waals surface area contributed by atoms with Gasteiger partial charge in [-0.3, -0.25) is 14.8 Å². The molecule has 0 N–H and O–H groups in total. The van der Waals surface area contributed by atoms with Gasteiger partial charge in [-0.25, -0.2) is 0 Å². The highest BCUT2D eigenvalue weighted by Crippen LogP contribution is 2.02. The summed E-state index contributed by atoms with van der Waals surface area (Å²) in [4.78, 5) is 17.3. The highest BCUT2D eigenvalue weighted by molar-refractivity contribution is 5.37. The summed E-state index contributed by atoms with van der Waals surface area (Å²) in [5.41, 5.74) is 0.643. The van der Waals surface area contributed by atoms with E-state index in [1.807, 2.05) is 27.7 Å². The molecule has 14 heavy (non-hydrogen) atoms. The van der Waals surface area contributed by atoms with E-state index in [1.54, 1.807) is 18.6 Å². The lowest BCUT2D eigenvalue weighted by Gasteiger charge is -2.14. The van der Waals surface area contributed by atoms with Crippen molar-refractivity contribution in [2.24, 2.45) is 0 Å². The molecule has 0 spiro atoms. The summed E-state index contributed by atoms with van der Waals surface area (Å²) < 4.78 is 4.55. The Hall–Kier alpha value is -1.45. The van der Waals surface area contributed by atoms with E-state index >= 15 is 0 Å². The smallest absolute Gasteiger partial charge is 0.293 e. The largest absolute Gasteiger partial charge is 0.462 e. The summed E-state index contributed by atoms with van der Waals surface area (Å²) in [5, 5.41) is 0. The second-order valence-corrected chi connectivity index (χ2v) is 3.67. The Labute approximate surface area is 84.3 Å². The van der Waals surface area contributed by atoms with Gasteiger partial charge in [0.05, 0.1) is 5.69 Å². The number of ether oxygens (including phenoxy) is 1. The SMILES string of the molecule is CC(C)(C)OC=O.Cc1cnccn1. The molecule has 0 atom stereocenters. The van der Waals surface area contributed by atoms with Crippen LogP contribution in [0.1, 0.15) is 26.5 Å². The van der Waals surface area contributed by atoms with Crippen molar-refractivity contribution < 1.29 is 9.53 Å². The minimum Gasteiger partial charge on any atom is -0.462 e. The first-order chi connectivity index (χ1) is 6.45. The fourth-order valence-corrected chi connectivity index (χ4v) is 0.518. The fourth-order valence-electron chi connectivity index (χ4n) is 0.518. The Morgan fingerprint density at radius 2 is 2.00 bits per heavy atom. The van der Waals surface area contributed by atoms with Crippen LogP contribution in [0.15, 0.2) is 18.6 Å². The summed E-state index contributed by atoms with van der Waals surface area (Å²) >= 11 is 0. The maximum absolute atomic E-state index is 9.60. The summed E-state index contributed by atoms with van der Waals surface area (Å²) in [6, 6.07) is 0. The molecule has 0 aliphatic carbocycles. The van der Waals surface area contributed by atoms with Crippen molar-refractivity contribution in [3.05, 3.63) is 24.3 Å². The van der Waals surface area contributed by atoms with Crippen LogP contribution in [0.4, 0.5) is 0 Å². The van der Waals surface area contributed by atoms with E-state index < -0.39 is 0 Å². The lowest BCUT2D eigenvalue weighted by atomic mass is 10.2. The molecule has 4 heteroatoms. The van der Waals surface area contributed by atoms with Gasteiger partial charge in [-0.15, -0.1) is 0 Å². The molecule has 0 unspecified atom stereocenters. The minimum absolute atomic E-state index is 0.318. The van der Waals surface area contributed by atoms with Crippen LogP contribution in [0, 0.1) is 6.92 Å². The number of hydrogen-bond acceptors (Lipinski definition) is 4. The number of aryl methyl sites for hydroxylation is 1. The molecule has 0 saturated heterocycles. The van der Waals surface area contributed by atoms with Crippen molar-refractivity contribution in [2.75, 3.05) is 0 Å². The molecule has 0 aromatic carbocycles. The Kier molecular flexibility index (Phi) is 5.44. The van der Waals surface area contributed by atoms with Crippen LogP contribution in [0.25, 0.3) is 0 Å². The first-order valence-electron chi connectivity index (χ1n) is 4.30. The van der Waals surface area contributed by atoms with Crippen LogP contribution in [-0.2, 0) is 9.53 Å². The van der Waals surface area contributed by atoms with E-state index in [0.717, 1.165) is 5.69 Å². The van der Waals surface area contributed by atoms with E-state index in [9.17, 15) is 4.79 Å². The average Bonchev–Trinajstić information content (AvgIpc) is 2.04. The zero-order chi connectivity index (χ0) is 11.0. The minimum atomic E-state index is -0.318. The van der Waals surface area contributed by atoms with Crippen molar-refractivity contribution in [1.29, 1.82) is 0 Å². The van der Waals surface area contributed by atoms with E-state index in [0.29, 0.717) is 6.47 Å². The molecule has 0 bridgehead atoms. The molecule has 1 aromatic rings. The van der Waals surface area contributed by atoms with Crippen LogP contribution in [0.3, 0.4) is 0 Å². The van der Waals surface area contributed by atoms with E-state index in [1.165, 1.54) is 0 Å². The third-order valence-electron chi connectivity index (χ3n) is 1.09. The van der Waals surface area contributed by atoms with E-state index in [-0.39, 0.29) is 5.60 Å². The second-order valence-electron chi connectivity index (χ2n) is 3.67. The predicted molar refractivity (Wildman–Crippen MR) is 53.7 cm³/mol. The van der Waals surface area contributed by atoms with Crippen LogP contribution >= 0.6 is 0 Å². The first kappa shape index (κ1) is 12.6. The molecule has 78 valence electrons. The van der Waals surface area contributed by atoms with E-state index in [4.69, 9.17) is 0 Å². The molecule has 4 nitrogen and oxygen atoms in total. The van der Waals surface area contributed by atoms with Gasteiger partial charge in [-0.2, -0.15) is 0 Å². The predicted octanol–water partition coefficient (Wildman–Crippen LogP) is 1.74. The van der Waals surface area contributed by atoms with Gasteiger partial charge in [0.2, 0.25) is 0 Å². The lowest BCUT2D eigenvalue weighted by molar-refractivity contribution is -0.138. The zero-order valence-electron chi connectivity index (χ0n) is 9.02. The zero-order valence-corrected chi connectivity index (χ0v) is 9.02. The van der Waals surface area contributed by atoms with Crippen molar-refractivity contribution in [3.8, 4) is 0 Å². The van der Waals surface area contributed by atoms with Gasteiger partial charge >= 0.3 is 0 Å². The van der Waals surface area contributed by atoms with Gasteiger partial charge in [-0.05, 0) is 27.7 Å². The van der Waals surface area contributed by atoms with Crippen molar-refractivity contribution in [3.63, 3.8) is 0 Å². The van der Waals surface area contributed by atoms with E-state index in [2.05, 4.69) is 14.7 Å². The quantitative estimate of drug-likeness (QED) is 0.642. The summed E-state index contributed by atoms with van der Waals surface area (Å²) in [6.45, 7) is 7.83. The molecule has 0 aliphatic rings. The molecule has 0 radical (unpaired) electrons. The molecule has 0 fully saturated rings. The number of aromatic nitrogens is 2. The van der Waals surface area contributed by atoms with Crippen LogP contribution in [-0.4, -0.2) is 22.0 Å². The molecule has 0 aliphatic heterocycles. The second kappa shape index (κ2) is 6.07. The average molecular weight is 196 g/mol. The Morgan fingerprint density at radius 1 is 1.36 bits per heavy atom. The molecule has 1 heterocycles. The van der Waals surface area contributed by atoms with Gasteiger partial charge in [0.25, 0.3) is 6.47 Å². The topological polar surface area (TPSA) is 52.1 Å². The monoisotopic (exact) mass is 196 g/mol. The summed E-state index contributed by atoms with van der Waals surface area (Å²) in [7, 11) is 0. The molecular formula is C10H16N2O2. The summed E-state index contributed by atoms with van der Waals surface area (Å²) in [6.07, 6.45) is 5.06. The van der Waals surface area contributed by atoms with Gasteiger partial charge in [0, 0.05) is 18.6 Å². The number of rotatable bonds is 1. The van der Waals surface area contributed by atoms with Crippen molar-refractivity contribution in [2.45, 2.75) is 33.3 Å².